The van der Waals surface area contributed by atoms with Gasteiger partial charge in [0.1, 0.15) is 18.8 Å². The number of hydrogen-bond donors (Lipinski definition) is 0. The number of carbonyl (C=O) groups is 1. The minimum Gasteiger partial charge on any atom is -0.486 e. The van der Waals surface area contributed by atoms with Crippen LogP contribution in [0.5, 0.6) is 11.5 Å². The van der Waals surface area contributed by atoms with Crippen LogP contribution in [-0.2, 0) is 10.3 Å². The van der Waals surface area contributed by atoms with Gasteiger partial charge in [-0.15, -0.1) is 0 Å². The van der Waals surface area contributed by atoms with E-state index in [9.17, 15) is 9.59 Å². The maximum Gasteiger partial charge on any atom is 0.235 e. The number of fused-ring (bicyclic) bond motifs is 1. The number of aldehydes is 1. The lowest BCUT2D eigenvalue weighted by molar-refractivity contribution is 0.110. The minimum absolute atomic E-state index is 0.397. The van der Waals surface area contributed by atoms with Gasteiger partial charge in [-0.3, -0.25) is 4.79 Å². The molecule has 0 amide bonds. The summed E-state index contributed by atoms with van der Waals surface area (Å²) >= 11 is 3.38. The van der Waals surface area contributed by atoms with Crippen molar-refractivity contribution in [1.29, 1.82) is 0 Å². The van der Waals surface area contributed by atoms with Crippen LogP contribution in [0.15, 0.2) is 15.5 Å². The van der Waals surface area contributed by atoms with E-state index < -0.39 is 5.54 Å². The normalized spacial score (nSPS) is 18.6. The Kier molecular flexibility index (Phi) is 3.36. The summed E-state index contributed by atoms with van der Waals surface area (Å²) in [6.07, 6.45) is 4.92. The lowest BCUT2D eigenvalue weighted by atomic mass is 9.71. The molecule has 0 bridgehead atoms. The Labute approximate surface area is 124 Å². The highest BCUT2D eigenvalue weighted by Crippen LogP contribution is 2.53. The van der Waals surface area contributed by atoms with Gasteiger partial charge in [0.25, 0.3) is 0 Å². The first kappa shape index (κ1) is 13.3. The van der Waals surface area contributed by atoms with E-state index in [0.29, 0.717) is 34.7 Å². The number of nitrogens with zero attached hydrogens (tertiary/aromatic N) is 1. The zero-order chi connectivity index (χ0) is 14.2. The molecule has 1 heterocycles. The van der Waals surface area contributed by atoms with E-state index in [1.165, 1.54) is 0 Å². The second-order valence-corrected chi connectivity index (χ2v) is 5.74. The molecule has 1 aliphatic heterocycles. The molecule has 0 atom stereocenters. The molecule has 0 spiro atoms. The van der Waals surface area contributed by atoms with E-state index in [0.717, 1.165) is 31.1 Å². The second kappa shape index (κ2) is 5.04. The molecule has 2 aliphatic rings. The third-order valence-electron chi connectivity index (χ3n) is 3.86. The standard InChI is InChI=1S/C14H12BrNO4/c15-11-6-10(14(16-8-18)2-1-3-14)13-12(9(11)7-17)19-4-5-20-13/h6-7H,1-5H2. The van der Waals surface area contributed by atoms with Crippen LogP contribution in [0.25, 0.3) is 0 Å². The molecule has 3 rings (SSSR count). The van der Waals surface area contributed by atoms with Crippen molar-refractivity contribution in [2.75, 3.05) is 13.2 Å². The van der Waals surface area contributed by atoms with Gasteiger partial charge in [-0.25, -0.2) is 4.79 Å². The Balaban J connectivity index is 2.23. The Hall–Kier alpha value is -1.65. The molecular formula is C14H12BrNO4. The Morgan fingerprint density at radius 1 is 1.30 bits per heavy atom. The molecule has 1 aromatic rings. The molecule has 1 saturated carbocycles. The van der Waals surface area contributed by atoms with Crippen LogP contribution in [0.1, 0.15) is 35.2 Å². The Morgan fingerprint density at radius 3 is 2.55 bits per heavy atom. The Morgan fingerprint density at radius 2 is 2.00 bits per heavy atom. The van der Waals surface area contributed by atoms with Crippen LogP contribution in [-0.4, -0.2) is 25.6 Å². The molecule has 5 nitrogen and oxygen atoms in total. The number of benzene rings is 1. The molecule has 0 unspecified atom stereocenters. The maximum atomic E-state index is 11.2. The minimum atomic E-state index is -0.587. The highest BCUT2D eigenvalue weighted by atomic mass is 79.9. The third kappa shape index (κ3) is 1.87. The molecule has 0 radical (unpaired) electrons. The van der Waals surface area contributed by atoms with Gasteiger partial charge >= 0.3 is 0 Å². The van der Waals surface area contributed by atoms with Crippen LogP contribution in [0.2, 0.25) is 0 Å². The highest BCUT2D eigenvalue weighted by molar-refractivity contribution is 9.10. The van der Waals surface area contributed by atoms with Gasteiger partial charge in [-0.05, 0) is 41.3 Å². The topological polar surface area (TPSA) is 65.0 Å². The van der Waals surface area contributed by atoms with Crippen molar-refractivity contribution < 1.29 is 19.1 Å². The van der Waals surface area contributed by atoms with E-state index in [1.807, 2.05) is 0 Å². The SMILES string of the molecule is O=C=NC1(c2cc(Br)c(C=O)c3c2OCCO3)CCC1. The molecular weight excluding hydrogens is 326 g/mol. The maximum absolute atomic E-state index is 11.2. The monoisotopic (exact) mass is 337 g/mol. The Bertz CT molecular complexity index is 618. The average molecular weight is 338 g/mol. The van der Waals surface area contributed by atoms with E-state index in [1.54, 1.807) is 12.1 Å². The molecule has 20 heavy (non-hydrogen) atoms. The first-order chi connectivity index (χ1) is 9.72. The summed E-state index contributed by atoms with van der Waals surface area (Å²) in [5.41, 5.74) is 0.628. The average Bonchev–Trinajstić information content (AvgIpc) is 2.42. The number of isocyanates is 1. The molecule has 0 aromatic heterocycles. The number of carbonyl (C=O) groups excluding carboxylic acids is 2. The van der Waals surface area contributed by atoms with Crippen molar-refractivity contribution in [3.05, 3.63) is 21.7 Å². The fourth-order valence-electron chi connectivity index (χ4n) is 2.69. The van der Waals surface area contributed by atoms with Crippen LogP contribution < -0.4 is 9.47 Å². The van der Waals surface area contributed by atoms with Crippen molar-refractivity contribution in [2.45, 2.75) is 24.8 Å². The first-order valence-electron chi connectivity index (χ1n) is 6.38. The number of aliphatic imine (C=N–C) groups is 1. The smallest absolute Gasteiger partial charge is 0.235 e. The largest absolute Gasteiger partial charge is 0.486 e. The predicted octanol–water partition coefficient (Wildman–Crippen LogP) is 2.75. The quantitative estimate of drug-likeness (QED) is 0.483. The summed E-state index contributed by atoms with van der Waals surface area (Å²) in [6.45, 7) is 0.814. The fourth-order valence-corrected chi connectivity index (χ4v) is 3.20. The summed E-state index contributed by atoms with van der Waals surface area (Å²) in [6, 6.07) is 1.80. The third-order valence-corrected chi connectivity index (χ3v) is 4.52. The lowest BCUT2D eigenvalue weighted by Gasteiger charge is -2.39. The molecule has 0 N–H and O–H groups in total. The van der Waals surface area contributed by atoms with Crippen molar-refractivity contribution in [3.8, 4) is 11.5 Å². The van der Waals surface area contributed by atoms with Gasteiger partial charge in [0, 0.05) is 10.0 Å². The van der Waals surface area contributed by atoms with Crippen LogP contribution in [0.4, 0.5) is 0 Å². The van der Waals surface area contributed by atoms with Crippen LogP contribution in [0.3, 0.4) is 0 Å². The number of rotatable bonds is 3. The molecule has 0 saturated heterocycles. The highest BCUT2D eigenvalue weighted by Gasteiger charge is 2.43. The molecule has 6 heteroatoms. The number of hydrogen-bond acceptors (Lipinski definition) is 5. The van der Waals surface area contributed by atoms with Crippen molar-refractivity contribution in [3.63, 3.8) is 0 Å². The first-order valence-corrected chi connectivity index (χ1v) is 7.18. The van der Waals surface area contributed by atoms with Gasteiger partial charge < -0.3 is 9.47 Å². The predicted molar refractivity (Wildman–Crippen MR) is 74.2 cm³/mol. The summed E-state index contributed by atoms with van der Waals surface area (Å²) < 4.78 is 11.9. The number of ether oxygens (including phenoxy) is 2. The molecule has 1 fully saturated rings. The van der Waals surface area contributed by atoms with Crippen molar-refractivity contribution in [1.82, 2.24) is 0 Å². The molecule has 1 aliphatic carbocycles. The number of halogens is 1. The van der Waals surface area contributed by atoms with Gasteiger partial charge in [0.2, 0.25) is 6.08 Å². The summed E-state index contributed by atoms with van der Waals surface area (Å²) in [7, 11) is 0. The van der Waals surface area contributed by atoms with E-state index in [4.69, 9.17) is 9.47 Å². The van der Waals surface area contributed by atoms with Crippen molar-refractivity contribution >= 4 is 28.3 Å². The zero-order valence-corrected chi connectivity index (χ0v) is 12.2. The lowest BCUT2D eigenvalue weighted by Crippen LogP contribution is -2.33. The fraction of sp³-hybridized carbons (Fsp3) is 0.429. The van der Waals surface area contributed by atoms with Gasteiger partial charge in [0.15, 0.2) is 17.8 Å². The molecule has 1 aromatic carbocycles. The van der Waals surface area contributed by atoms with Gasteiger partial charge in [-0.2, -0.15) is 4.99 Å². The van der Waals surface area contributed by atoms with Gasteiger partial charge in [-0.1, -0.05) is 0 Å². The zero-order valence-electron chi connectivity index (χ0n) is 10.6. The van der Waals surface area contributed by atoms with E-state index in [2.05, 4.69) is 20.9 Å². The van der Waals surface area contributed by atoms with Gasteiger partial charge in [0.05, 0.1) is 5.56 Å². The summed E-state index contributed by atoms with van der Waals surface area (Å²) in [4.78, 5) is 25.9. The van der Waals surface area contributed by atoms with Crippen LogP contribution >= 0.6 is 15.9 Å². The second-order valence-electron chi connectivity index (χ2n) is 4.88. The summed E-state index contributed by atoms with van der Waals surface area (Å²) in [5.74, 6) is 0.961. The van der Waals surface area contributed by atoms with E-state index >= 15 is 0 Å². The van der Waals surface area contributed by atoms with Crippen LogP contribution in [0, 0.1) is 0 Å². The molecule has 104 valence electrons. The van der Waals surface area contributed by atoms with E-state index in [-0.39, 0.29) is 0 Å². The van der Waals surface area contributed by atoms with Crippen molar-refractivity contribution in [2.24, 2.45) is 4.99 Å². The summed E-state index contributed by atoms with van der Waals surface area (Å²) in [5, 5.41) is 0.